The first-order valence-electron chi connectivity index (χ1n) is 5.74. The van der Waals surface area contributed by atoms with E-state index in [0.29, 0.717) is 18.2 Å². The average molecular weight is 255 g/mol. The summed E-state index contributed by atoms with van der Waals surface area (Å²) in [5.74, 6) is 1.44. The molecule has 0 aliphatic carbocycles. The van der Waals surface area contributed by atoms with Gasteiger partial charge in [0.2, 0.25) is 0 Å². The van der Waals surface area contributed by atoms with Gasteiger partial charge in [0.1, 0.15) is 5.56 Å². The van der Waals surface area contributed by atoms with E-state index in [4.69, 9.17) is 5.11 Å². The molecule has 1 unspecified atom stereocenters. The third-order valence-corrected chi connectivity index (χ3v) is 4.23. The van der Waals surface area contributed by atoms with E-state index >= 15 is 0 Å². The predicted molar refractivity (Wildman–Crippen MR) is 67.4 cm³/mol. The molecule has 0 radical (unpaired) electrons. The van der Waals surface area contributed by atoms with E-state index in [1.807, 2.05) is 11.8 Å². The summed E-state index contributed by atoms with van der Waals surface area (Å²) in [5.41, 5.74) is 1.04. The highest BCUT2D eigenvalue weighted by atomic mass is 32.2. The minimum Gasteiger partial charge on any atom is -0.478 e. The van der Waals surface area contributed by atoms with Crippen molar-refractivity contribution in [3.63, 3.8) is 0 Å². The molecule has 1 atom stereocenters. The van der Waals surface area contributed by atoms with Gasteiger partial charge in [-0.3, -0.25) is 4.68 Å². The molecule has 1 aliphatic rings. The number of hydrogen-bond acceptors (Lipinski definition) is 4. The summed E-state index contributed by atoms with van der Waals surface area (Å²) >= 11 is 1.95. The molecule has 6 heteroatoms. The Bertz CT molecular complexity index is 399. The molecule has 0 saturated carbocycles. The number of carbonyl (C=O) groups is 1. The van der Waals surface area contributed by atoms with Crippen LogP contribution in [0.3, 0.4) is 0 Å². The number of rotatable bonds is 4. The van der Waals surface area contributed by atoms with Gasteiger partial charge in [0.15, 0.2) is 0 Å². The Morgan fingerprint density at radius 3 is 3.24 bits per heavy atom. The van der Waals surface area contributed by atoms with Crippen LogP contribution in [0.15, 0.2) is 6.20 Å². The van der Waals surface area contributed by atoms with Gasteiger partial charge in [-0.25, -0.2) is 4.79 Å². The SMILES string of the molecule is Cn1ncc(C(=O)O)c1CNC1CCCSC1. The predicted octanol–water partition coefficient (Wildman–Crippen LogP) is 1.10. The Morgan fingerprint density at radius 2 is 2.59 bits per heavy atom. The van der Waals surface area contributed by atoms with Gasteiger partial charge in [-0.15, -0.1) is 0 Å². The summed E-state index contributed by atoms with van der Waals surface area (Å²) in [5, 5.41) is 16.4. The first kappa shape index (κ1) is 12.4. The normalized spacial score (nSPS) is 20.4. The Hall–Kier alpha value is -1.01. The van der Waals surface area contributed by atoms with E-state index in [2.05, 4.69) is 10.4 Å². The van der Waals surface area contributed by atoms with Gasteiger partial charge in [0.25, 0.3) is 0 Å². The number of aromatic carboxylic acids is 1. The van der Waals surface area contributed by atoms with Crippen LogP contribution in [-0.4, -0.2) is 38.4 Å². The van der Waals surface area contributed by atoms with Crippen LogP contribution < -0.4 is 5.32 Å². The van der Waals surface area contributed by atoms with Crippen molar-refractivity contribution >= 4 is 17.7 Å². The summed E-state index contributed by atoms with van der Waals surface area (Å²) in [6.07, 6.45) is 3.82. The maximum Gasteiger partial charge on any atom is 0.339 e. The molecule has 1 aromatic heterocycles. The van der Waals surface area contributed by atoms with Crippen molar-refractivity contribution in [1.29, 1.82) is 0 Å². The van der Waals surface area contributed by atoms with Gasteiger partial charge in [0.05, 0.1) is 11.9 Å². The molecule has 1 saturated heterocycles. The van der Waals surface area contributed by atoms with Crippen LogP contribution in [0, 0.1) is 0 Å². The van der Waals surface area contributed by atoms with Gasteiger partial charge in [-0.05, 0) is 18.6 Å². The number of aromatic nitrogens is 2. The van der Waals surface area contributed by atoms with Crippen LogP contribution in [0.1, 0.15) is 28.9 Å². The first-order valence-corrected chi connectivity index (χ1v) is 6.89. The highest BCUT2D eigenvalue weighted by Gasteiger charge is 2.17. The largest absolute Gasteiger partial charge is 0.478 e. The zero-order valence-corrected chi connectivity index (χ0v) is 10.7. The molecule has 1 aliphatic heterocycles. The minimum absolute atomic E-state index is 0.295. The van der Waals surface area contributed by atoms with Crippen molar-refractivity contribution in [3.05, 3.63) is 17.5 Å². The zero-order chi connectivity index (χ0) is 12.3. The molecule has 0 spiro atoms. The highest BCUT2D eigenvalue weighted by molar-refractivity contribution is 7.99. The summed E-state index contributed by atoms with van der Waals surface area (Å²) in [4.78, 5) is 11.0. The Kier molecular flexibility index (Phi) is 4.06. The molecule has 2 rings (SSSR count). The van der Waals surface area contributed by atoms with Crippen LogP contribution in [0.2, 0.25) is 0 Å². The fourth-order valence-electron chi connectivity index (χ4n) is 1.99. The number of carboxylic acid groups (broad SMARTS) is 1. The topological polar surface area (TPSA) is 67.2 Å². The maximum atomic E-state index is 11.0. The Labute approximate surface area is 105 Å². The third-order valence-electron chi connectivity index (χ3n) is 3.01. The highest BCUT2D eigenvalue weighted by Crippen LogP contribution is 2.17. The second-order valence-electron chi connectivity index (χ2n) is 4.23. The average Bonchev–Trinajstić information content (AvgIpc) is 2.69. The summed E-state index contributed by atoms with van der Waals surface area (Å²) in [6, 6.07) is 0.491. The van der Waals surface area contributed by atoms with Crippen molar-refractivity contribution in [2.24, 2.45) is 7.05 Å². The number of aryl methyl sites for hydroxylation is 1. The van der Waals surface area contributed by atoms with E-state index in [1.165, 1.54) is 24.8 Å². The van der Waals surface area contributed by atoms with Gasteiger partial charge < -0.3 is 10.4 Å². The number of nitrogens with one attached hydrogen (secondary N) is 1. The lowest BCUT2D eigenvalue weighted by atomic mass is 10.1. The molecule has 94 valence electrons. The molecule has 0 aromatic carbocycles. The van der Waals surface area contributed by atoms with Crippen molar-refractivity contribution in [2.75, 3.05) is 11.5 Å². The fourth-order valence-corrected chi connectivity index (χ4v) is 3.10. The number of hydrogen-bond donors (Lipinski definition) is 2. The summed E-state index contributed by atoms with van der Waals surface area (Å²) in [7, 11) is 1.78. The number of carboxylic acids is 1. The number of nitrogens with zero attached hydrogens (tertiary/aromatic N) is 2. The Balaban J connectivity index is 1.97. The van der Waals surface area contributed by atoms with Crippen LogP contribution >= 0.6 is 11.8 Å². The molecule has 0 amide bonds. The second kappa shape index (κ2) is 5.55. The standard InChI is InChI=1S/C11H17N3O2S/c1-14-10(9(5-13-14)11(15)16)6-12-8-3-2-4-17-7-8/h5,8,12H,2-4,6-7H2,1H3,(H,15,16). The molecule has 1 aromatic rings. The zero-order valence-electron chi connectivity index (χ0n) is 9.85. The van der Waals surface area contributed by atoms with Gasteiger partial charge in [-0.2, -0.15) is 16.9 Å². The lowest BCUT2D eigenvalue weighted by Crippen LogP contribution is -2.34. The second-order valence-corrected chi connectivity index (χ2v) is 5.38. The van der Waals surface area contributed by atoms with E-state index in [1.54, 1.807) is 11.7 Å². The van der Waals surface area contributed by atoms with Crippen molar-refractivity contribution in [3.8, 4) is 0 Å². The number of thioether (sulfide) groups is 1. The maximum absolute atomic E-state index is 11.0. The van der Waals surface area contributed by atoms with E-state index < -0.39 is 5.97 Å². The van der Waals surface area contributed by atoms with Crippen molar-refractivity contribution in [1.82, 2.24) is 15.1 Å². The smallest absolute Gasteiger partial charge is 0.339 e. The summed E-state index contributed by atoms with van der Waals surface area (Å²) in [6.45, 7) is 0.573. The molecule has 2 N–H and O–H groups in total. The fraction of sp³-hybridized carbons (Fsp3) is 0.636. The van der Waals surface area contributed by atoms with E-state index in [9.17, 15) is 4.79 Å². The van der Waals surface area contributed by atoms with Crippen molar-refractivity contribution in [2.45, 2.75) is 25.4 Å². The Morgan fingerprint density at radius 1 is 1.76 bits per heavy atom. The molecule has 2 heterocycles. The molecular weight excluding hydrogens is 238 g/mol. The quantitative estimate of drug-likeness (QED) is 0.843. The molecule has 17 heavy (non-hydrogen) atoms. The lowest BCUT2D eigenvalue weighted by molar-refractivity contribution is 0.0695. The van der Waals surface area contributed by atoms with E-state index in [-0.39, 0.29) is 0 Å². The van der Waals surface area contributed by atoms with Gasteiger partial charge in [-0.1, -0.05) is 0 Å². The van der Waals surface area contributed by atoms with Crippen LogP contribution in [0.5, 0.6) is 0 Å². The van der Waals surface area contributed by atoms with Gasteiger partial charge in [0, 0.05) is 25.4 Å². The van der Waals surface area contributed by atoms with E-state index in [0.717, 1.165) is 11.4 Å². The third kappa shape index (κ3) is 3.01. The van der Waals surface area contributed by atoms with Gasteiger partial charge >= 0.3 is 5.97 Å². The molecule has 1 fully saturated rings. The molecular formula is C11H17N3O2S. The van der Waals surface area contributed by atoms with Crippen molar-refractivity contribution < 1.29 is 9.90 Å². The minimum atomic E-state index is -0.909. The first-order chi connectivity index (χ1) is 8.18. The lowest BCUT2D eigenvalue weighted by Gasteiger charge is -2.22. The monoisotopic (exact) mass is 255 g/mol. The molecule has 0 bridgehead atoms. The summed E-state index contributed by atoms with van der Waals surface area (Å²) < 4.78 is 1.63. The molecule has 5 nitrogen and oxygen atoms in total. The van der Waals surface area contributed by atoms with Crippen LogP contribution in [0.25, 0.3) is 0 Å². The van der Waals surface area contributed by atoms with Crippen LogP contribution in [0.4, 0.5) is 0 Å². The van der Waals surface area contributed by atoms with Crippen LogP contribution in [-0.2, 0) is 13.6 Å².